The molecule has 0 bridgehead atoms. The summed E-state index contributed by atoms with van der Waals surface area (Å²) < 4.78 is 28.1. The number of rotatable bonds is 5. The van der Waals surface area contributed by atoms with E-state index in [9.17, 15) is 13.2 Å². The second-order valence-electron chi connectivity index (χ2n) is 7.40. The van der Waals surface area contributed by atoms with E-state index < -0.39 is 10.0 Å². The number of thioether (sulfide) groups is 1. The lowest BCUT2D eigenvalue weighted by Crippen LogP contribution is -2.28. The van der Waals surface area contributed by atoms with Crippen molar-refractivity contribution in [1.82, 2.24) is 0 Å². The van der Waals surface area contributed by atoms with Crippen molar-refractivity contribution in [3.8, 4) is 0 Å². The van der Waals surface area contributed by atoms with Crippen LogP contribution >= 0.6 is 23.4 Å². The van der Waals surface area contributed by atoms with E-state index in [0.717, 1.165) is 22.4 Å². The van der Waals surface area contributed by atoms with Crippen LogP contribution < -0.4 is 9.62 Å². The molecular formula is C23H21ClN2O3S2. The zero-order chi connectivity index (χ0) is 22.2. The molecule has 3 aromatic rings. The van der Waals surface area contributed by atoms with Gasteiger partial charge in [-0.25, -0.2) is 8.42 Å². The van der Waals surface area contributed by atoms with Crippen LogP contribution in [0.1, 0.15) is 22.1 Å². The highest BCUT2D eigenvalue weighted by Gasteiger charge is 2.35. The summed E-state index contributed by atoms with van der Waals surface area (Å²) in [5.41, 5.74) is 4.33. The number of carbonyl (C=O) groups is 1. The molecule has 1 aliphatic heterocycles. The number of halogens is 1. The van der Waals surface area contributed by atoms with Gasteiger partial charge in [-0.1, -0.05) is 41.4 Å². The summed E-state index contributed by atoms with van der Waals surface area (Å²) in [7, 11) is -3.75. The highest BCUT2D eigenvalue weighted by Crippen LogP contribution is 2.43. The molecule has 1 heterocycles. The van der Waals surface area contributed by atoms with Gasteiger partial charge in [-0.2, -0.15) is 0 Å². The summed E-state index contributed by atoms with van der Waals surface area (Å²) in [6.07, 6.45) is 0. The van der Waals surface area contributed by atoms with E-state index in [4.69, 9.17) is 11.6 Å². The predicted molar refractivity (Wildman–Crippen MR) is 127 cm³/mol. The van der Waals surface area contributed by atoms with Gasteiger partial charge in [-0.05, 0) is 67.4 Å². The van der Waals surface area contributed by atoms with Gasteiger partial charge in [0.1, 0.15) is 5.37 Å². The molecule has 8 heteroatoms. The number of amides is 1. The van der Waals surface area contributed by atoms with Gasteiger partial charge < -0.3 is 0 Å². The number of aryl methyl sites for hydroxylation is 2. The van der Waals surface area contributed by atoms with Crippen LogP contribution in [0.3, 0.4) is 0 Å². The third-order valence-corrected chi connectivity index (χ3v) is 7.89. The van der Waals surface area contributed by atoms with Gasteiger partial charge in [0, 0.05) is 16.4 Å². The molecule has 3 aromatic carbocycles. The number of nitrogens with zero attached hydrogens (tertiary/aromatic N) is 1. The van der Waals surface area contributed by atoms with E-state index in [1.165, 1.54) is 36.0 Å². The summed E-state index contributed by atoms with van der Waals surface area (Å²) >= 11 is 7.39. The van der Waals surface area contributed by atoms with Crippen molar-refractivity contribution in [1.29, 1.82) is 0 Å². The van der Waals surface area contributed by atoms with Crippen molar-refractivity contribution >= 4 is 50.7 Å². The fraction of sp³-hybridized carbons (Fsp3) is 0.174. The van der Waals surface area contributed by atoms with Crippen LogP contribution in [0.15, 0.2) is 71.6 Å². The second kappa shape index (κ2) is 8.57. The van der Waals surface area contributed by atoms with Crippen molar-refractivity contribution in [2.24, 2.45) is 0 Å². The molecule has 4 rings (SSSR count). The number of hydrogen-bond acceptors (Lipinski definition) is 4. The van der Waals surface area contributed by atoms with Crippen molar-refractivity contribution in [2.45, 2.75) is 24.1 Å². The largest absolute Gasteiger partial charge is 0.295 e. The van der Waals surface area contributed by atoms with Gasteiger partial charge in [0.15, 0.2) is 0 Å². The molecular weight excluding hydrogens is 452 g/mol. The summed E-state index contributed by atoms with van der Waals surface area (Å²) in [5, 5.41) is 0.240. The van der Waals surface area contributed by atoms with Crippen LogP contribution in [0.25, 0.3) is 0 Å². The van der Waals surface area contributed by atoms with Crippen molar-refractivity contribution in [3.05, 3.63) is 88.4 Å². The Hall–Kier alpha value is -2.48. The van der Waals surface area contributed by atoms with Gasteiger partial charge in [0.25, 0.3) is 10.0 Å². The molecule has 1 fully saturated rings. The number of carbonyl (C=O) groups excluding carboxylic acids is 1. The van der Waals surface area contributed by atoms with Crippen LogP contribution in [0, 0.1) is 13.8 Å². The standard InChI is InChI=1S/C23H21ClN2O3S2/c1-15-6-11-21(16(2)12-15)26-22(27)14-30-23(26)17-4-3-5-19(13-17)25-31(28,29)20-9-7-18(24)8-10-20/h3-13,23,25H,14H2,1-2H3. The first kappa shape index (κ1) is 21.7. The molecule has 1 atom stereocenters. The minimum absolute atomic E-state index is 0.0362. The highest BCUT2D eigenvalue weighted by molar-refractivity contribution is 8.00. The Bertz CT molecular complexity index is 1240. The molecule has 31 heavy (non-hydrogen) atoms. The molecule has 0 spiro atoms. The van der Waals surface area contributed by atoms with E-state index in [1.54, 1.807) is 23.1 Å². The van der Waals surface area contributed by atoms with E-state index in [0.29, 0.717) is 16.5 Å². The van der Waals surface area contributed by atoms with Gasteiger partial charge >= 0.3 is 0 Å². The number of benzene rings is 3. The molecule has 0 radical (unpaired) electrons. The first-order valence-corrected chi connectivity index (χ1v) is 12.5. The van der Waals surface area contributed by atoms with Crippen LogP contribution in [-0.2, 0) is 14.8 Å². The van der Waals surface area contributed by atoms with E-state index in [-0.39, 0.29) is 16.2 Å². The number of nitrogens with one attached hydrogen (secondary N) is 1. The average molecular weight is 473 g/mol. The Balaban J connectivity index is 1.64. The lowest BCUT2D eigenvalue weighted by Gasteiger charge is -2.26. The third kappa shape index (κ3) is 4.59. The van der Waals surface area contributed by atoms with Gasteiger partial charge in [-0.15, -0.1) is 11.8 Å². The Labute approximate surface area is 191 Å². The number of anilines is 2. The Morgan fingerprint density at radius 1 is 1.03 bits per heavy atom. The maximum absolute atomic E-state index is 12.7. The second-order valence-corrected chi connectivity index (χ2v) is 10.6. The monoisotopic (exact) mass is 472 g/mol. The maximum atomic E-state index is 12.7. The van der Waals surface area contributed by atoms with E-state index in [1.807, 2.05) is 32.0 Å². The van der Waals surface area contributed by atoms with Gasteiger partial charge in [0.05, 0.1) is 10.6 Å². The molecule has 1 unspecified atom stereocenters. The van der Waals surface area contributed by atoms with Gasteiger partial charge in [-0.3, -0.25) is 14.4 Å². The Morgan fingerprint density at radius 3 is 2.48 bits per heavy atom. The summed E-state index contributed by atoms with van der Waals surface area (Å²) in [6, 6.07) is 19.2. The molecule has 1 saturated heterocycles. The van der Waals surface area contributed by atoms with Crippen molar-refractivity contribution < 1.29 is 13.2 Å². The highest BCUT2D eigenvalue weighted by atomic mass is 35.5. The van der Waals surface area contributed by atoms with Crippen LogP contribution in [-0.4, -0.2) is 20.1 Å². The van der Waals surface area contributed by atoms with E-state index >= 15 is 0 Å². The molecule has 0 saturated carbocycles. The first-order valence-electron chi connectivity index (χ1n) is 9.64. The topological polar surface area (TPSA) is 66.5 Å². The minimum Gasteiger partial charge on any atom is -0.295 e. The fourth-order valence-corrected chi connectivity index (χ4v) is 5.92. The number of sulfonamides is 1. The normalized spacial score (nSPS) is 16.5. The zero-order valence-corrected chi connectivity index (χ0v) is 19.4. The van der Waals surface area contributed by atoms with E-state index in [2.05, 4.69) is 10.8 Å². The molecule has 1 amide bonds. The lowest BCUT2D eigenvalue weighted by molar-refractivity contribution is -0.115. The maximum Gasteiger partial charge on any atom is 0.261 e. The fourth-order valence-electron chi connectivity index (χ4n) is 3.59. The summed E-state index contributed by atoms with van der Waals surface area (Å²) in [5.74, 6) is 0.410. The predicted octanol–water partition coefficient (Wildman–Crippen LogP) is 5.54. The Morgan fingerprint density at radius 2 is 1.77 bits per heavy atom. The third-order valence-electron chi connectivity index (χ3n) is 5.03. The van der Waals surface area contributed by atoms with Gasteiger partial charge in [0.2, 0.25) is 5.91 Å². The van der Waals surface area contributed by atoms with Crippen molar-refractivity contribution in [2.75, 3.05) is 15.4 Å². The molecule has 0 aromatic heterocycles. The smallest absolute Gasteiger partial charge is 0.261 e. The molecule has 1 aliphatic rings. The van der Waals surface area contributed by atoms with Crippen molar-refractivity contribution in [3.63, 3.8) is 0 Å². The Kier molecular flexibility index (Phi) is 6.01. The van der Waals surface area contributed by atoms with Crippen LogP contribution in [0.2, 0.25) is 5.02 Å². The molecule has 5 nitrogen and oxygen atoms in total. The summed E-state index contributed by atoms with van der Waals surface area (Å²) in [4.78, 5) is 14.6. The number of hydrogen-bond donors (Lipinski definition) is 1. The molecule has 1 N–H and O–H groups in total. The van der Waals surface area contributed by atoms with Crippen LogP contribution in [0.5, 0.6) is 0 Å². The molecule has 160 valence electrons. The quantitative estimate of drug-likeness (QED) is 0.529. The lowest BCUT2D eigenvalue weighted by atomic mass is 10.1. The minimum atomic E-state index is -3.75. The SMILES string of the molecule is Cc1ccc(N2C(=O)CSC2c2cccc(NS(=O)(=O)c3ccc(Cl)cc3)c2)c(C)c1. The van der Waals surface area contributed by atoms with Crippen LogP contribution in [0.4, 0.5) is 11.4 Å². The summed E-state index contributed by atoms with van der Waals surface area (Å²) in [6.45, 7) is 4.01. The first-order chi connectivity index (χ1) is 14.7. The molecule has 0 aliphatic carbocycles. The average Bonchev–Trinajstić information content (AvgIpc) is 3.09. The zero-order valence-electron chi connectivity index (χ0n) is 17.0.